The van der Waals surface area contributed by atoms with Crippen LogP contribution in [0.3, 0.4) is 0 Å². The van der Waals surface area contributed by atoms with Gasteiger partial charge in [0.25, 0.3) is 5.56 Å². The van der Waals surface area contributed by atoms with E-state index in [1.807, 2.05) is 36.4 Å². The lowest BCUT2D eigenvalue weighted by atomic mass is 10.2. The molecule has 0 aliphatic rings. The van der Waals surface area contributed by atoms with Gasteiger partial charge in [-0.1, -0.05) is 52.5 Å². The van der Waals surface area contributed by atoms with Gasteiger partial charge in [0.2, 0.25) is 0 Å². The first kappa shape index (κ1) is 16.0. The maximum Gasteiger partial charge on any atom is 0.262 e. The van der Waals surface area contributed by atoms with Gasteiger partial charge >= 0.3 is 0 Å². The van der Waals surface area contributed by atoms with Gasteiger partial charge in [-0.3, -0.25) is 14.3 Å². The molecule has 0 amide bonds. The topological polar surface area (TPSA) is 47.8 Å². The van der Waals surface area contributed by atoms with E-state index in [1.54, 1.807) is 17.0 Å². The van der Waals surface area contributed by atoms with Crippen molar-refractivity contribution < 1.29 is 0 Å². The number of thioether (sulfide) groups is 1. The molecule has 0 saturated carbocycles. The second-order valence-corrected chi connectivity index (χ2v) is 7.03. The minimum Gasteiger partial charge on any atom is -0.283 e. The Hall–Kier alpha value is -1.92. The van der Waals surface area contributed by atoms with E-state index in [0.29, 0.717) is 28.4 Å². The SMILES string of the molecule is C=C(Br)CSc1nc2ccccc2c(=O)n1Cc1cccnc1. The fourth-order valence-electron chi connectivity index (χ4n) is 2.21. The van der Waals surface area contributed by atoms with Crippen molar-refractivity contribution in [2.75, 3.05) is 5.75 Å². The second-order valence-electron chi connectivity index (χ2n) is 4.97. The molecule has 0 saturated heterocycles. The van der Waals surface area contributed by atoms with Gasteiger partial charge in [0.15, 0.2) is 5.16 Å². The second kappa shape index (κ2) is 7.10. The van der Waals surface area contributed by atoms with Gasteiger partial charge in [-0.05, 0) is 28.2 Å². The molecule has 2 aromatic heterocycles. The minimum absolute atomic E-state index is 0.0397. The number of para-hydroxylation sites is 1. The van der Waals surface area contributed by atoms with Gasteiger partial charge in [0, 0.05) is 18.1 Å². The summed E-state index contributed by atoms with van der Waals surface area (Å²) in [5, 5.41) is 1.30. The van der Waals surface area contributed by atoms with E-state index in [1.165, 1.54) is 11.8 Å². The Bertz CT molecular complexity index is 909. The van der Waals surface area contributed by atoms with Crippen LogP contribution in [0.5, 0.6) is 0 Å². The molecule has 0 bridgehead atoms. The molecule has 3 rings (SSSR count). The number of halogens is 1. The number of fused-ring (bicyclic) bond motifs is 1. The normalized spacial score (nSPS) is 10.8. The summed E-state index contributed by atoms with van der Waals surface area (Å²) < 4.78 is 2.55. The molecule has 2 heterocycles. The number of aromatic nitrogens is 3. The van der Waals surface area contributed by atoms with Crippen LogP contribution in [0.1, 0.15) is 5.56 Å². The Balaban J connectivity index is 2.11. The summed E-state index contributed by atoms with van der Waals surface area (Å²) >= 11 is 4.84. The third kappa shape index (κ3) is 3.71. The number of hydrogen-bond acceptors (Lipinski definition) is 4. The lowest BCUT2D eigenvalue weighted by molar-refractivity contribution is 0.657. The van der Waals surface area contributed by atoms with E-state index in [9.17, 15) is 4.79 Å². The molecule has 0 N–H and O–H groups in total. The number of nitrogens with zero attached hydrogens (tertiary/aromatic N) is 3. The Morgan fingerprint density at radius 1 is 1.26 bits per heavy atom. The van der Waals surface area contributed by atoms with Crippen LogP contribution >= 0.6 is 27.7 Å². The molecule has 1 aromatic carbocycles. The first-order chi connectivity index (χ1) is 11.1. The zero-order chi connectivity index (χ0) is 16.2. The summed E-state index contributed by atoms with van der Waals surface area (Å²) in [5.74, 6) is 0.651. The maximum atomic E-state index is 12.9. The Morgan fingerprint density at radius 2 is 2.09 bits per heavy atom. The first-order valence-electron chi connectivity index (χ1n) is 6.99. The van der Waals surface area contributed by atoms with Crippen LogP contribution in [0, 0.1) is 0 Å². The molecule has 0 aliphatic carbocycles. The highest BCUT2D eigenvalue weighted by Gasteiger charge is 2.12. The Labute approximate surface area is 146 Å². The molecular weight excluding hydrogens is 374 g/mol. The highest BCUT2D eigenvalue weighted by molar-refractivity contribution is 9.11. The van der Waals surface area contributed by atoms with Gasteiger partial charge < -0.3 is 0 Å². The van der Waals surface area contributed by atoms with Crippen molar-refractivity contribution in [2.45, 2.75) is 11.7 Å². The summed E-state index contributed by atoms with van der Waals surface area (Å²) in [4.78, 5) is 21.6. The summed E-state index contributed by atoms with van der Waals surface area (Å²) in [6.45, 7) is 4.29. The van der Waals surface area contributed by atoms with Crippen LogP contribution in [-0.2, 0) is 6.54 Å². The van der Waals surface area contributed by atoms with E-state index < -0.39 is 0 Å². The van der Waals surface area contributed by atoms with Crippen LogP contribution in [0.25, 0.3) is 10.9 Å². The Kier molecular flexibility index (Phi) is 4.93. The molecule has 0 spiro atoms. The zero-order valence-corrected chi connectivity index (χ0v) is 14.7. The fourth-order valence-corrected chi connectivity index (χ4v) is 3.31. The number of hydrogen-bond donors (Lipinski definition) is 0. The molecule has 116 valence electrons. The molecule has 0 radical (unpaired) electrons. The van der Waals surface area contributed by atoms with Gasteiger partial charge in [-0.2, -0.15) is 0 Å². The smallest absolute Gasteiger partial charge is 0.262 e. The molecule has 23 heavy (non-hydrogen) atoms. The minimum atomic E-state index is -0.0397. The van der Waals surface area contributed by atoms with Crippen LogP contribution in [0.2, 0.25) is 0 Å². The van der Waals surface area contributed by atoms with Crippen molar-refractivity contribution in [3.8, 4) is 0 Å². The molecule has 0 unspecified atom stereocenters. The van der Waals surface area contributed by atoms with Crippen molar-refractivity contribution in [3.05, 3.63) is 75.8 Å². The lowest BCUT2D eigenvalue weighted by Crippen LogP contribution is -2.24. The average Bonchev–Trinajstić information content (AvgIpc) is 2.57. The highest BCUT2D eigenvalue weighted by Crippen LogP contribution is 2.22. The summed E-state index contributed by atoms with van der Waals surface area (Å²) in [6, 6.07) is 11.2. The largest absolute Gasteiger partial charge is 0.283 e. The zero-order valence-electron chi connectivity index (χ0n) is 12.3. The van der Waals surface area contributed by atoms with Gasteiger partial charge in [0.1, 0.15) is 0 Å². The standard InChI is InChI=1S/C17H14BrN3OS/c1-12(18)11-23-17-20-15-7-3-2-6-14(15)16(22)21(17)10-13-5-4-8-19-9-13/h2-9H,1,10-11H2. The van der Waals surface area contributed by atoms with E-state index >= 15 is 0 Å². The van der Waals surface area contributed by atoms with E-state index in [0.717, 1.165) is 10.0 Å². The molecule has 3 aromatic rings. The van der Waals surface area contributed by atoms with Crippen molar-refractivity contribution in [1.29, 1.82) is 0 Å². The van der Waals surface area contributed by atoms with Gasteiger partial charge in [-0.25, -0.2) is 4.98 Å². The summed E-state index contributed by atoms with van der Waals surface area (Å²) in [6.07, 6.45) is 3.48. The molecule has 4 nitrogen and oxygen atoms in total. The number of rotatable bonds is 5. The molecular formula is C17H14BrN3OS. The number of pyridine rings is 1. The Morgan fingerprint density at radius 3 is 2.83 bits per heavy atom. The van der Waals surface area contributed by atoms with E-state index in [-0.39, 0.29) is 5.56 Å². The van der Waals surface area contributed by atoms with Crippen LogP contribution in [0.4, 0.5) is 0 Å². The van der Waals surface area contributed by atoms with E-state index in [4.69, 9.17) is 0 Å². The molecule has 6 heteroatoms. The monoisotopic (exact) mass is 387 g/mol. The lowest BCUT2D eigenvalue weighted by Gasteiger charge is -2.13. The fraction of sp³-hybridized carbons (Fsp3) is 0.118. The third-order valence-electron chi connectivity index (χ3n) is 3.25. The van der Waals surface area contributed by atoms with Gasteiger partial charge in [-0.15, -0.1) is 0 Å². The van der Waals surface area contributed by atoms with Crippen molar-refractivity contribution >= 4 is 38.6 Å². The summed E-state index contributed by atoms with van der Waals surface area (Å²) in [7, 11) is 0. The predicted octanol–water partition coefficient (Wildman–Crippen LogP) is 3.84. The van der Waals surface area contributed by atoms with Crippen molar-refractivity contribution in [3.63, 3.8) is 0 Å². The number of benzene rings is 1. The van der Waals surface area contributed by atoms with Crippen LogP contribution in [-0.4, -0.2) is 20.3 Å². The van der Waals surface area contributed by atoms with Crippen LogP contribution in [0.15, 0.2) is 69.8 Å². The van der Waals surface area contributed by atoms with Crippen molar-refractivity contribution in [2.24, 2.45) is 0 Å². The third-order valence-corrected chi connectivity index (χ3v) is 4.96. The molecule has 0 fully saturated rings. The quantitative estimate of drug-likeness (QED) is 0.492. The molecule has 0 aliphatic heterocycles. The average molecular weight is 388 g/mol. The maximum absolute atomic E-state index is 12.9. The predicted molar refractivity (Wildman–Crippen MR) is 98.1 cm³/mol. The first-order valence-corrected chi connectivity index (χ1v) is 8.77. The van der Waals surface area contributed by atoms with Crippen LogP contribution < -0.4 is 5.56 Å². The van der Waals surface area contributed by atoms with Gasteiger partial charge in [0.05, 0.1) is 17.4 Å². The molecule has 0 atom stereocenters. The van der Waals surface area contributed by atoms with Crippen molar-refractivity contribution in [1.82, 2.24) is 14.5 Å². The van der Waals surface area contributed by atoms with E-state index in [2.05, 4.69) is 32.5 Å². The highest BCUT2D eigenvalue weighted by atomic mass is 79.9. The summed E-state index contributed by atoms with van der Waals surface area (Å²) in [5.41, 5.74) is 1.64.